The van der Waals surface area contributed by atoms with Gasteiger partial charge in [0.05, 0.1) is 0 Å². The van der Waals surface area contributed by atoms with Crippen molar-refractivity contribution in [2.24, 2.45) is 0 Å². The zero-order chi connectivity index (χ0) is 12.8. The molecule has 0 aliphatic rings. The lowest BCUT2D eigenvalue weighted by molar-refractivity contribution is 0.556. The van der Waals surface area contributed by atoms with Gasteiger partial charge in [-0.2, -0.15) is 0 Å². The van der Waals surface area contributed by atoms with Crippen LogP contribution >= 0.6 is 0 Å². The van der Waals surface area contributed by atoms with E-state index in [4.69, 9.17) is 0 Å². The molecule has 5 heteroatoms. The summed E-state index contributed by atoms with van der Waals surface area (Å²) in [5, 5.41) is 3.12. The first-order valence-corrected chi connectivity index (χ1v) is 5.88. The van der Waals surface area contributed by atoms with E-state index in [-0.39, 0.29) is 0 Å². The van der Waals surface area contributed by atoms with Gasteiger partial charge in [0.25, 0.3) is 0 Å². The summed E-state index contributed by atoms with van der Waals surface area (Å²) in [6.45, 7) is 1.17. The van der Waals surface area contributed by atoms with Gasteiger partial charge in [0.1, 0.15) is 17.5 Å². The van der Waals surface area contributed by atoms with Gasteiger partial charge < -0.3 is 10.3 Å². The van der Waals surface area contributed by atoms with Crippen LogP contribution in [0.5, 0.6) is 0 Å². The van der Waals surface area contributed by atoms with Gasteiger partial charge in [-0.25, -0.2) is 13.8 Å². The van der Waals surface area contributed by atoms with Gasteiger partial charge in [-0.05, 0) is 19.0 Å². The molecule has 0 spiro atoms. The zero-order valence-electron chi connectivity index (χ0n) is 9.92. The lowest BCUT2D eigenvalue weighted by atomic mass is 10.2. The van der Waals surface area contributed by atoms with Gasteiger partial charge in [0.15, 0.2) is 0 Å². The number of halogens is 2. The van der Waals surface area contributed by atoms with Crippen LogP contribution in [0.4, 0.5) is 8.78 Å². The molecular formula is C13H15F2N3. The molecule has 0 bridgehead atoms. The Bertz CT molecular complexity index is 483. The number of nitrogens with zero attached hydrogens (tertiary/aromatic N) is 1. The van der Waals surface area contributed by atoms with Crippen LogP contribution in [-0.2, 0) is 13.0 Å². The maximum atomic E-state index is 13.3. The monoisotopic (exact) mass is 251 g/mol. The SMILES string of the molecule is Fc1ccc(CNCCCc2ncc[nH]2)c(F)c1. The fraction of sp³-hybridized carbons (Fsp3) is 0.308. The summed E-state index contributed by atoms with van der Waals surface area (Å²) in [5.74, 6) is -0.104. The van der Waals surface area contributed by atoms with Crippen LogP contribution in [0.15, 0.2) is 30.6 Å². The van der Waals surface area contributed by atoms with Gasteiger partial charge in [0.2, 0.25) is 0 Å². The van der Waals surface area contributed by atoms with E-state index >= 15 is 0 Å². The van der Waals surface area contributed by atoms with Crippen LogP contribution in [-0.4, -0.2) is 16.5 Å². The van der Waals surface area contributed by atoms with Gasteiger partial charge in [-0.15, -0.1) is 0 Å². The highest BCUT2D eigenvalue weighted by Gasteiger charge is 2.02. The van der Waals surface area contributed by atoms with E-state index < -0.39 is 11.6 Å². The Balaban J connectivity index is 1.69. The predicted octanol–water partition coefficient (Wildman–Crippen LogP) is 2.41. The van der Waals surface area contributed by atoms with Crippen LogP contribution in [0.1, 0.15) is 17.8 Å². The van der Waals surface area contributed by atoms with Gasteiger partial charge in [0, 0.05) is 37.0 Å². The smallest absolute Gasteiger partial charge is 0.130 e. The minimum atomic E-state index is -0.547. The van der Waals surface area contributed by atoms with Crippen molar-refractivity contribution in [3.05, 3.63) is 53.6 Å². The molecule has 2 N–H and O–H groups in total. The number of H-pyrrole nitrogens is 1. The number of aryl methyl sites for hydroxylation is 1. The lowest BCUT2D eigenvalue weighted by Gasteiger charge is -2.05. The van der Waals surface area contributed by atoms with Crippen molar-refractivity contribution >= 4 is 0 Å². The van der Waals surface area contributed by atoms with E-state index in [1.165, 1.54) is 12.1 Å². The molecule has 0 atom stereocenters. The first-order chi connectivity index (χ1) is 8.75. The molecule has 0 fully saturated rings. The molecular weight excluding hydrogens is 236 g/mol. The summed E-state index contributed by atoms with van der Waals surface area (Å²) < 4.78 is 26.0. The largest absolute Gasteiger partial charge is 0.349 e. The Morgan fingerprint density at radius 2 is 2.17 bits per heavy atom. The van der Waals surface area contributed by atoms with Crippen LogP contribution in [0, 0.1) is 11.6 Å². The molecule has 18 heavy (non-hydrogen) atoms. The molecule has 0 amide bonds. The first kappa shape index (κ1) is 12.7. The highest BCUT2D eigenvalue weighted by Crippen LogP contribution is 2.08. The Morgan fingerprint density at radius 1 is 1.28 bits per heavy atom. The third-order valence-electron chi connectivity index (χ3n) is 2.65. The van der Waals surface area contributed by atoms with Crippen molar-refractivity contribution in [3.63, 3.8) is 0 Å². The number of nitrogens with one attached hydrogen (secondary N) is 2. The molecule has 96 valence electrons. The topological polar surface area (TPSA) is 40.7 Å². The molecule has 0 unspecified atom stereocenters. The highest BCUT2D eigenvalue weighted by molar-refractivity contribution is 5.18. The van der Waals surface area contributed by atoms with E-state index in [9.17, 15) is 8.78 Å². The summed E-state index contributed by atoms with van der Waals surface area (Å²) in [7, 11) is 0. The van der Waals surface area contributed by atoms with Crippen molar-refractivity contribution in [2.45, 2.75) is 19.4 Å². The minimum absolute atomic E-state index is 0.407. The van der Waals surface area contributed by atoms with Crippen LogP contribution < -0.4 is 5.32 Å². The quantitative estimate of drug-likeness (QED) is 0.774. The van der Waals surface area contributed by atoms with Crippen molar-refractivity contribution in [2.75, 3.05) is 6.54 Å². The van der Waals surface area contributed by atoms with E-state index in [0.29, 0.717) is 12.1 Å². The van der Waals surface area contributed by atoms with E-state index in [1.807, 2.05) is 0 Å². The zero-order valence-corrected chi connectivity index (χ0v) is 9.92. The Hall–Kier alpha value is -1.75. The van der Waals surface area contributed by atoms with E-state index in [0.717, 1.165) is 31.3 Å². The average molecular weight is 251 g/mol. The van der Waals surface area contributed by atoms with Crippen molar-refractivity contribution < 1.29 is 8.78 Å². The second kappa shape index (κ2) is 6.26. The number of aromatic nitrogens is 2. The summed E-state index contributed by atoms with van der Waals surface area (Å²) in [4.78, 5) is 7.13. The van der Waals surface area contributed by atoms with Gasteiger partial charge >= 0.3 is 0 Å². The highest BCUT2D eigenvalue weighted by atomic mass is 19.1. The normalized spacial score (nSPS) is 10.8. The van der Waals surface area contributed by atoms with Gasteiger partial charge in [-0.1, -0.05) is 6.07 Å². The molecule has 1 heterocycles. The summed E-state index contributed by atoms with van der Waals surface area (Å²) in [5.41, 5.74) is 0.481. The molecule has 3 nitrogen and oxygen atoms in total. The molecule has 2 aromatic rings. The maximum absolute atomic E-state index is 13.3. The van der Waals surface area contributed by atoms with Crippen molar-refractivity contribution in [3.8, 4) is 0 Å². The summed E-state index contributed by atoms with van der Waals surface area (Å²) in [6.07, 6.45) is 5.27. The summed E-state index contributed by atoms with van der Waals surface area (Å²) >= 11 is 0. The average Bonchev–Trinajstić information content (AvgIpc) is 2.84. The van der Waals surface area contributed by atoms with Crippen molar-refractivity contribution in [1.82, 2.24) is 15.3 Å². The number of benzene rings is 1. The number of hydrogen-bond donors (Lipinski definition) is 2. The molecule has 1 aromatic carbocycles. The van der Waals surface area contributed by atoms with E-state index in [1.54, 1.807) is 12.4 Å². The maximum Gasteiger partial charge on any atom is 0.130 e. The van der Waals surface area contributed by atoms with Crippen LogP contribution in [0.3, 0.4) is 0 Å². The van der Waals surface area contributed by atoms with Crippen molar-refractivity contribution in [1.29, 1.82) is 0 Å². The summed E-state index contributed by atoms with van der Waals surface area (Å²) in [6, 6.07) is 3.63. The number of imidazole rings is 1. The predicted molar refractivity (Wildman–Crippen MR) is 65.0 cm³/mol. The number of rotatable bonds is 6. The fourth-order valence-corrected chi connectivity index (χ4v) is 1.70. The standard InChI is InChI=1S/C13H15F2N3/c14-11-4-3-10(12(15)8-11)9-16-5-1-2-13-17-6-7-18-13/h3-4,6-8,16H,1-2,5,9H2,(H,17,18). The molecule has 1 aromatic heterocycles. The third kappa shape index (κ3) is 3.63. The van der Waals surface area contributed by atoms with Crippen LogP contribution in [0.25, 0.3) is 0 Å². The lowest BCUT2D eigenvalue weighted by Crippen LogP contribution is -2.16. The van der Waals surface area contributed by atoms with Crippen LogP contribution in [0.2, 0.25) is 0 Å². The molecule has 2 rings (SSSR count). The second-order valence-electron chi connectivity index (χ2n) is 4.05. The third-order valence-corrected chi connectivity index (χ3v) is 2.65. The Morgan fingerprint density at radius 3 is 2.89 bits per heavy atom. The van der Waals surface area contributed by atoms with E-state index in [2.05, 4.69) is 15.3 Å². The molecule has 0 aliphatic heterocycles. The molecule has 0 radical (unpaired) electrons. The fourth-order valence-electron chi connectivity index (χ4n) is 1.70. The van der Waals surface area contributed by atoms with Gasteiger partial charge in [-0.3, -0.25) is 0 Å². The number of aromatic amines is 1. The Kier molecular flexibility index (Phi) is 4.41. The minimum Gasteiger partial charge on any atom is -0.349 e. The first-order valence-electron chi connectivity index (χ1n) is 5.88. The number of hydrogen-bond acceptors (Lipinski definition) is 2. The molecule has 0 aliphatic carbocycles. The Labute approximate surface area is 104 Å². The second-order valence-corrected chi connectivity index (χ2v) is 4.05. The molecule has 0 saturated carbocycles. The molecule has 0 saturated heterocycles.